The Kier molecular flexibility index (Phi) is 4.54. The first-order valence-corrected chi connectivity index (χ1v) is 7.18. The van der Waals surface area contributed by atoms with Crippen LogP contribution in [-0.4, -0.2) is 39.3 Å². The second kappa shape index (κ2) is 5.58. The van der Waals surface area contributed by atoms with Gasteiger partial charge in [0.2, 0.25) is 15.9 Å². The van der Waals surface area contributed by atoms with E-state index in [-0.39, 0.29) is 23.0 Å². The highest BCUT2D eigenvalue weighted by Crippen LogP contribution is 2.27. The monoisotopic (exact) mass is 285 g/mol. The first kappa shape index (κ1) is 15.5. The van der Waals surface area contributed by atoms with Gasteiger partial charge in [-0.15, -0.1) is 0 Å². The Morgan fingerprint density at radius 1 is 1.32 bits per heavy atom. The lowest BCUT2D eigenvalue weighted by atomic mass is 10.1. The Labute approximate surface area is 113 Å². The number of nitrogens with two attached hydrogens (primary N) is 1. The number of carbonyl (C=O) groups excluding carboxylic acids is 1. The third kappa shape index (κ3) is 3.05. The molecule has 1 aromatic carbocycles. The molecule has 106 valence electrons. The van der Waals surface area contributed by atoms with Gasteiger partial charge in [0.05, 0.1) is 12.2 Å². The van der Waals surface area contributed by atoms with E-state index in [1.807, 2.05) is 0 Å². The maximum Gasteiger partial charge on any atom is 0.245 e. The van der Waals surface area contributed by atoms with Crippen LogP contribution in [0.25, 0.3) is 0 Å². The summed E-state index contributed by atoms with van der Waals surface area (Å²) in [5.41, 5.74) is 7.34. The number of nitrogens with zero attached hydrogens (tertiary/aromatic N) is 1. The third-order valence-corrected chi connectivity index (χ3v) is 4.93. The summed E-state index contributed by atoms with van der Waals surface area (Å²) < 4.78 is 25.9. The van der Waals surface area contributed by atoms with Crippen molar-refractivity contribution < 1.29 is 13.2 Å². The van der Waals surface area contributed by atoms with Gasteiger partial charge in [-0.05, 0) is 25.0 Å². The molecule has 0 spiro atoms. The van der Waals surface area contributed by atoms with Gasteiger partial charge in [-0.3, -0.25) is 4.79 Å². The van der Waals surface area contributed by atoms with Gasteiger partial charge in [0.1, 0.15) is 4.90 Å². The largest absolute Gasteiger partial charge is 0.397 e. The van der Waals surface area contributed by atoms with E-state index in [2.05, 4.69) is 5.32 Å². The smallest absolute Gasteiger partial charge is 0.245 e. The minimum Gasteiger partial charge on any atom is -0.397 e. The number of sulfonamides is 1. The molecule has 0 heterocycles. The van der Waals surface area contributed by atoms with Crippen LogP contribution in [0.5, 0.6) is 0 Å². The zero-order valence-electron chi connectivity index (χ0n) is 11.5. The van der Waals surface area contributed by atoms with Gasteiger partial charge in [-0.2, -0.15) is 4.31 Å². The van der Waals surface area contributed by atoms with Crippen molar-refractivity contribution >= 4 is 21.6 Å². The van der Waals surface area contributed by atoms with Gasteiger partial charge in [-0.25, -0.2) is 8.42 Å². The first-order chi connectivity index (χ1) is 8.71. The standard InChI is InChI=1S/C12H19N3O3S/c1-8-5-6-9(2)12(11(8)13)19(17,18)15(4)7-10(16)14-3/h5-6H,7,13H2,1-4H3,(H,14,16). The number of hydrogen-bond acceptors (Lipinski definition) is 4. The number of likely N-dealkylation sites (N-methyl/N-ethyl adjacent to an activating group) is 2. The topological polar surface area (TPSA) is 92.5 Å². The van der Waals surface area contributed by atoms with Crippen LogP contribution >= 0.6 is 0 Å². The third-order valence-electron chi connectivity index (χ3n) is 2.92. The summed E-state index contributed by atoms with van der Waals surface area (Å²) in [6.45, 7) is 3.18. The van der Waals surface area contributed by atoms with E-state index in [0.717, 1.165) is 4.31 Å². The maximum absolute atomic E-state index is 12.4. The summed E-state index contributed by atoms with van der Waals surface area (Å²) in [6.07, 6.45) is 0. The Balaban J connectivity index is 3.28. The number of anilines is 1. The number of nitrogen functional groups attached to an aromatic ring is 1. The quantitative estimate of drug-likeness (QED) is 0.776. The highest BCUT2D eigenvalue weighted by atomic mass is 32.2. The molecule has 0 bridgehead atoms. The van der Waals surface area contributed by atoms with Crippen molar-refractivity contribution in [3.8, 4) is 0 Å². The molecule has 0 aromatic heterocycles. The molecule has 1 aromatic rings. The van der Waals surface area contributed by atoms with E-state index < -0.39 is 10.0 Å². The number of carbonyl (C=O) groups is 1. The van der Waals surface area contributed by atoms with Crippen molar-refractivity contribution in [3.63, 3.8) is 0 Å². The van der Waals surface area contributed by atoms with Crippen LogP contribution < -0.4 is 11.1 Å². The zero-order chi connectivity index (χ0) is 14.8. The molecule has 7 heteroatoms. The van der Waals surface area contributed by atoms with Gasteiger partial charge in [0.15, 0.2) is 0 Å². The molecule has 0 fully saturated rings. The summed E-state index contributed by atoms with van der Waals surface area (Å²) in [7, 11) is -0.974. The van der Waals surface area contributed by atoms with E-state index in [1.165, 1.54) is 14.1 Å². The number of amides is 1. The van der Waals surface area contributed by atoms with E-state index in [4.69, 9.17) is 5.73 Å². The van der Waals surface area contributed by atoms with Crippen LogP contribution in [0.2, 0.25) is 0 Å². The Morgan fingerprint density at radius 2 is 1.84 bits per heavy atom. The minimum atomic E-state index is -3.78. The average molecular weight is 285 g/mol. The predicted octanol–water partition coefficient (Wildman–Crippen LogP) is 0.252. The number of benzene rings is 1. The molecular formula is C12H19N3O3S. The van der Waals surface area contributed by atoms with Crippen molar-refractivity contribution in [2.24, 2.45) is 0 Å². The molecule has 19 heavy (non-hydrogen) atoms. The van der Waals surface area contributed by atoms with Crippen LogP contribution in [0, 0.1) is 13.8 Å². The number of rotatable bonds is 4. The minimum absolute atomic E-state index is 0.0684. The molecule has 0 saturated heterocycles. The summed E-state index contributed by atoms with van der Waals surface area (Å²) >= 11 is 0. The van der Waals surface area contributed by atoms with E-state index in [1.54, 1.807) is 26.0 Å². The summed E-state index contributed by atoms with van der Waals surface area (Å²) in [5, 5.41) is 2.38. The van der Waals surface area contributed by atoms with Gasteiger partial charge in [0.25, 0.3) is 0 Å². The van der Waals surface area contributed by atoms with Gasteiger partial charge in [0, 0.05) is 14.1 Å². The summed E-state index contributed by atoms with van der Waals surface area (Å²) in [5.74, 6) is -0.380. The van der Waals surface area contributed by atoms with Crippen molar-refractivity contribution in [1.29, 1.82) is 0 Å². The van der Waals surface area contributed by atoms with Crippen LogP contribution in [0.3, 0.4) is 0 Å². The highest BCUT2D eigenvalue weighted by Gasteiger charge is 2.27. The first-order valence-electron chi connectivity index (χ1n) is 5.74. The normalized spacial score (nSPS) is 11.6. The van der Waals surface area contributed by atoms with Gasteiger partial charge in [-0.1, -0.05) is 12.1 Å². The van der Waals surface area contributed by atoms with Crippen molar-refractivity contribution in [2.75, 3.05) is 26.4 Å². The fourth-order valence-electron chi connectivity index (χ4n) is 1.67. The SMILES string of the molecule is CNC(=O)CN(C)S(=O)(=O)c1c(C)ccc(C)c1N. The molecule has 3 N–H and O–H groups in total. The van der Waals surface area contributed by atoms with Crippen molar-refractivity contribution in [3.05, 3.63) is 23.3 Å². The molecular weight excluding hydrogens is 266 g/mol. The lowest BCUT2D eigenvalue weighted by Crippen LogP contribution is -2.37. The Morgan fingerprint density at radius 3 is 2.37 bits per heavy atom. The molecule has 0 unspecified atom stereocenters. The Bertz CT molecular complexity index is 596. The fraction of sp³-hybridized carbons (Fsp3) is 0.417. The molecule has 0 atom stereocenters. The second-order valence-electron chi connectivity index (χ2n) is 4.38. The zero-order valence-corrected chi connectivity index (χ0v) is 12.3. The molecule has 1 amide bonds. The van der Waals surface area contributed by atoms with Crippen LogP contribution in [0.15, 0.2) is 17.0 Å². The molecule has 0 aliphatic rings. The lowest BCUT2D eigenvalue weighted by molar-refractivity contribution is -0.120. The number of aryl methyl sites for hydroxylation is 2. The lowest BCUT2D eigenvalue weighted by Gasteiger charge is -2.19. The highest BCUT2D eigenvalue weighted by molar-refractivity contribution is 7.89. The second-order valence-corrected chi connectivity index (χ2v) is 6.36. The molecule has 1 rings (SSSR count). The van der Waals surface area contributed by atoms with E-state index in [9.17, 15) is 13.2 Å². The van der Waals surface area contributed by atoms with E-state index in [0.29, 0.717) is 11.1 Å². The summed E-state index contributed by atoms with van der Waals surface area (Å²) in [4.78, 5) is 11.4. The van der Waals surface area contributed by atoms with Crippen LogP contribution in [-0.2, 0) is 14.8 Å². The van der Waals surface area contributed by atoms with E-state index >= 15 is 0 Å². The van der Waals surface area contributed by atoms with Gasteiger partial charge >= 0.3 is 0 Å². The molecule has 0 radical (unpaired) electrons. The predicted molar refractivity (Wildman–Crippen MR) is 74.2 cm³/mol. The maximum atomic E-state index is 12.4. The van der Waals surface area contributed by atoms with Crippen molar-refractivity contribution in [2.45, 2.75) is 18.7 Å². The van der Waals surface area contributed by atoms with Crippen LogP contribution in [0.1, 0.15) is 11.1 Å². The molecule has 0 aliphatic carbocycles. The van der Waals surface area contributed by atoms with Gasteiger partial charge < -0.3 is 11.1 Å². The van der Waals surface area contributed by atoms with Crippen molar-refractivity contribution in [1.82, 2.24) is 9.62 Å². The fourth-order valence-corrected chi connectivity index (χ4v) is 3.18. The molecule has 0 saturated carbocycles. The van der Waals surface area contributed by atoms with Crippen LogP contribution in [0.4, 0.5) is 5.69 Å². The number of hydrogen-bond donors (Lipinski definition) is 2. The summed E-state index contributed by atoms with van der Waals surface area (Å²) in [6, 6.07) is 3.47. The average Bonchev–Trinajstić information content (AvgIpc) is 2.33. The molecule has 0 aliphatic heterocycles. The number of nitrogens with one attached hydrogen (secondary N) is 1. The molecule has 6 nitrogen and oxygen atoms in total. The Hall–Kier alpha value is -1.60.